The van der Waals surface area contributed by atoms with Crippen molar-refractivity contribution in [3.8, 4) is 0 Å². The van der Waals surface area contributed by atoms with Crippen molar-refractivity contribution in [1.29, 1.82) is 0 Å². The SMILES string of the molecule is O=C(O)C[C@H]1C[C@@H](c2ccccc2)CN[C@@H]1C(=O)O. The molecule has 0 aliphatic carbocycles. The maximum Gasteiger partial charge on any atom is 0.320 e. The van der Waals surface area contributed by atoms with Gasteiger partial charge in [-0.3, -0.25) is 9.59 Å². The molecule has 0 saturated carbocycles. The number of rotatable bonds is 4. The molecule has 0 aromatic heterocycles. The topological polar surface area (TPSA) is 86.6 Å². The molecule has 1 aromatic rings. The Hall–Kier alpha value is -1.88. The fourth-order valence-corrected chi connectivity index (χ4v) is 2.71. The van der Waals surface area contributed by atoms with Crippen LogP contribution in [0.1, 0.15) is 24.3 Å². The van der Waals surface area contributed by atoms with Crippen molar-refractivity contribution >= 4 is 11.9 Å². The van der Waals surface area contributed by atoms with Gasteiger partial charge in [-0.05, 0) is 23.8 Å². The smallest absolute Gasteiger partial charge is 0.320 e. The van der Waals surface area contributed by atoms with Crippen molar-refractivity contribution in [2.24, 2.45) is 5.92 Å². The number of hydrogen-bond acceptors (Lipinski definition) is 3. The van der Waals surface area contributed by atoms with Gasteiger partial charge in [0.05, 0.1) is 6.42 Å². The van der Waals surface area contributed by atoms with E-state index in [-0.39, 0.29) is 18.3 Å². The van der Waals surface area contributed by atoms with Crippen LogP contribution in [0.4, 0.5) is 0 Å². The molecule has 1 saturated heterocycles. The summed E-state index contributed by atoms with van der Waals surface area (Å²) in [6.07, 6.45) is 0.466. The van der Waals surface area contributed by atoms with Crippen LogP contribution in [0.2, 0.25) is 0 Å². The Bertz CT molecular complexity index is 460. The highest BCUT2D eigenvalue weighted by Crippen LogP contribution is 2.31. The molecule has 0 amide bonds. The van der Waals surface area contributed by atoms with Crippen LogP contribution in [0, 0.1) is 5.92 Å². The summed E-state index contributed by atoms with van der Waals surface area (Å²) in [4.78, 5) is 22.0. The van der Waals surface area contributed by atoms with Gasteiger partial charge in [-0.15, -0.1) is 0 Å². The molecule has 1 aromatic carbocycles. The summed E-state index contributed by atoms with van der Waals surface area (Å²) in [5.74, 6) is -2.14. The number of piperidine rings is 1. The summed E-state index contributed by atoms with van der Waals surface area (Å²) in [5.41, 5.74) is 1.12. The molecular formula is C14H17NO4. The Morgan fingerprint density at radius 3 is 2.47 bits per heavy atom. The number of aliphatic carboxylic acids is 2. The molecule has 0 bridgehead atoms. The second-order valence-electron chi connectivity index (χ2n) is 4.93. The van der Waals surface area contributed by atoms with E-state index >= 15 is 0 Å². The first kappa shape index (κ1) is 13.5. The third kappa shape index (κ3) is 3.32. The molecule has 1 fully saturated rings. The first-order chi connectivity index (χ1) is 9.08. The van der Waals surface area contributed by atoms with E-state index in [2.05, 4.69) is 5.32 Å². The molecule has 3 N–H and O–H groups in total. The predicted molar refractivity (Wildman–Crippen MR) is 69.0 cm³/mol. The van der Waals surface area contributed by atoms with E-state index in [4.69, 9.17) is 10.2 Å². The van der Waals surface area contributed by atoms with Gasteiger partial charge in [0.1, 0.15) is 6.04 Å². The molecule has 1 heterocycles. The zero-order valence-corrected chi connectivity index (χ0v) is 10.5. The van der Waals surface area contributed by atoms with E-state index in [0.29, 0.717) is 13.0 Å². The van der Waals surface area contributed by atoms with Crippen LogP contribution in [0.25, 0.3) is 0 Å². The normalized spacial score (nSPS) is 26.8. The van der Waals surface area contributed by atoms with E-state index in [1.807, 2.05) is 30.3 Å². The van der Waals surface area contributed by atoms with E-state index in [1.165, 1.54) is 0 Å². The minimum atomic E-state index is -0.974. The van der Waals surface area contributed by atoms with Crippen molar-refractivity contribution in [2.75, 3.05) is 6.54 Å². The Balaban J connectivity index is 2.12. The maximum absolute atomic E-state index is 11.1. The van der Waals surface area contributed by atoms with Crippen molar-refractivity contribution in [1.82, 2.24) is 5.32 Å². The summed E-state index contributed by atoms with van der Waals surface area (Å²) >= 11 is 0. The van der Waals surface area contributed by atoms with Gasteiger partial charge in [-0.1, -0.05) is 30.3 Å². The lowest BCUT2D eigenvalue weighted by Gasteiger charge is -2.34. The van der Waals surface area contributed by atoms with Crippen LogP contribution < -0.4 is 5.32 Å². The van der Waals surface area contributed by atoms with Crippen LogP contribution in [0.5, 0.6) is 0 Å². The highest BCUT2D eigenvalue weighted by Gasteiger charge is 2.36. The quantitative estimate of drug-likeness (QED) is 0.762. The average molecular weight is 263 g/mol. The third-order valence-electron chi connectivity index (χ3n) is 3.62. The monoisotopic (exact) mass is 263 g/mol. The van der Waals surface area contributed by atoms with Gasteiger partial charge >= 0.3 is 11.9 Å². The van der Waals surface area contributed by atoms with Crippen molar-refractivity contribution < 1.29 is 19.8 Å². The lowest BCUT2D eigenvalue weighted by atomic mass is 9.79. The van der Waals surface area contributed by atoms with Crippen molar-refractivity contribution in [3.05, 3.63) is 35.9 Å². The first-order valence-corrected chi connectivity index (χ1v) is 6.31. The summed E-state index contributed by atoms with van der Waals surface area (Å²) in [6.45, 7) is 0.567. The molecule has 1 aliphatic rings. The molecular weight excluding hydrogens is 246 g/mol. The average Bonchev–Trinajstić information content (AvgIpc) is 2.38. The fraction of sp³-hybridized carbons (Fsp3) is 0.429. The van der Waals surface area contributed by atoms with Gasteiger partial charge in [0.15, 0.2) is 0 Å². The zero-order chi connectivity index (χ0) is 13.8. The minimum absolute atomic E-state index is 0.118. The predicted octanol–water partition coefficient (Wildman–Crippen LogP) is 1.31. The van der Waals surface area contributed by atoms with Gasteiger partial charge in [-0.25, -0.2) is 0 Å². The Kier molecular flexibility index (Phi) is 4.16. The standard InChI is InChI=1S/C14H17NO4/c16-12(17)7-10-6-11(8-15-13(10)14(18)19)9-4-2-1-3-5-9/h1-5,10-11,13,15H,6-8H2,(H,16,17)(H,18,19)/t10-,11-,13+/m1/s1. The van der Waals surface area contributed by atoms with Crippen LogP contribution in [0.3, 0.4) is 0 Å². The fourth-order valence-electron chi connectivity index (χ4n) is 2.71. The van der Waals surface area contributed by atoms with E-state index < -0.39 is 18.0 Å². The molecule has 102 valence electrons. The minimum Gasteiger partial charge on any atom is -0.481 e. The lowest BCUT2D eigenvalue weighted by Crippen LogP contribution is -2.49. The van der Waals surface area contributed by atoms with Crippen molar-refractivity contribution in [3.63, 3.8) is 0 Å². The Morgan fingerprint density at radius 1 is 1.21 bits per heavy atom. The molecule has 5 heteroatoms. The molecule has 5 nitrogen and oxygen atoms in total. The van der Waals surface area contributed by atoms with Gasteiger partial charge in [0.25, 0.3) is 0 Å². The second kappa shape index (κ2) is 5.84. The Labute approximate surface area is 111 Å². The lowest BCUT2D eigenvalue weighted by molar-refractivity contribution is -0.144. The highest BCUT2D eigenvalue weighted by atomic mass is 16.4. The van der Waals surface area contributed by atoms with Crippen LogP contribution in [-0.4, -0.2) is 34.7 Å². The van der Waals surface area contributed by atoms with Gasteiger partial charge in [-0.2, -0.15) is 0 Å². The number of benzene rings is 1. The number of carboxylic acid groups (broad SMARTS) is 2. The molecule has 0 radical (unpaired) electrons. The van der Waals surface area contributed by atoms with Crippen LogP contribution >= 0.6 is 0 Å². The molecule has 3 atom stereocenters. The summed E-state index contributed by atoms with van der Waals surface area (Å²) in [6, 6.07) is 9.01. The van der Waals surface area contributed by atoms with Crippen molar-refractivity contribution in [2.45, 2.75) is 24.8 Å². The molecule has 1 aliphatic heterocycles. The zero-order valence-electron chi connectivity index (χ0n) is 10.5. The molecule has 0 spiro atoms. The Morgan fingerprint density at radius 2 is 1.89 bits per heavy atom. The molecule has 0 unspecified atom stereocenters. The van der Waals surface area contributed by atoms with Gasteiger partial charge in [0, 0.05) is 6.54 Å². The number of hydrogen-bond donors (Lipinski definition) is 3. The van der Waals surface area contributed by atoms with E-state index in [0.717, 1.165) is 5.56 Å². The molecule has 2 rings (SSSR count). The summed E-state index contributed by atoms with van der Waals surface area (Å²) in [7, 11) is 0. The maximum atomic E-state index is 11.1. The van der Waals surface area contributed by atoms with Crippen LogP contribution in [-0.2, 0) is 9.59 Å². The van der Waals surface area contributed by atoms with Gasteiger partial charge < -0.3 is 15.5 Å². The van der Waals surface area contributed by atoms with E-state index in [9.17, 15) is 9.59 Å². The van der Waals surface area contributed by atoms with Gasteiger partial charge in [0.2, 0.25) is 0 Å². The van der Waals surface area contributed by atoms with E-state index in [1.54, 1.807) is 0 Å². The largest absolute Gasteiger partial charge is 0.481 e. The number of carbonyl (C=O) groups is 2. The molecule has 19 heavy (non-hydrogen) atoms. The summed E-state index contributed by atoms with van der Waals surface area (Å²) < 4.78 is 0. The second-order valence-corrected chi connectivity index (χ2v) is 4.93. The summed E-state index contributed by atoms with van der Waals surface area (Å²) in [5, 5.41) is 21.0. The highest BCUT2D eigenvalue weighted by molar-refractivity contribution is 5.76. The number of nitrogens with one attached hydrogen (secondary N) is 1. The third-order valence-corrected chi connectivity index (χ3v) is 3.62. The first-order valence-electron chi connectivity index (χ1n) is 6.31. The number of carboxylic acids is 2. The van der Waals surface area contributed by atoms with Crippen LogP contribution in [0.15, 0.2) is 30.3 Å².